The third-order valence-corrected chi connectivity index (χ3v) is 3.79. The summed E-state index contributed by atoms with van der Waals surface area (Å²) >= 11 is 0. The lowest BCUT2D eigenvalue weighted by Gasteiger charge is -2.36. The normalized spacial score (nSPS) is 12.7. The molecular formula is C15H30F3N3O. The summed E-state index contributed by atoms with van der Waals surface area (Å²) in [4.78, 5) is 11.4. The summed E-state index contributed by atoms with van der Waals surface area (Å²) in [5.41, 5.74) is 10.1. The molecule has 7 heteroatoms. The first kappa shape index (κ1) is 21.2. The first-order valence-corrected chi connectivity index (χ1v) is 7.96. The topological polar surface area (TPSA) is 81.1 Å². The van der Waals surface area contributed by atoms with Crippen molar-refractivity contribution in [3.8, 4) is 0 Å². The van der Waals surface area contributed by atoms with Gasteiger partial charge in [-0.3, -0.25) is 4.79 Å². The molecule has 0 spiro atoms. The van der Waals surface area contributed by atoms with Crippen molar-refractivity contribution in [1.29, 1.82) is 0 Å². The Morgan fingerprint density at radius 1 is 1.00 bits per heavy atom. The van der Waals surface area contributed by atoms with E-state index in [-0.39, 0.29) is 0 Å². The fourth-order valence-corrected chi connectivity index (χ4v) is 2.60. The molecule has 0 heterocycles. The summed E-state index contributed by atoms with van der Waals surface area (Å²) < 4.78 is 37.8. The second kappa shape index (κ2) is 10.0. The zero-order valence-corrected chi connectivity index (χ0v) is 13.6. The molecule has 0 aromatic carbocycles. The van der Waals surface area contributed by atoms with Gasteiger partial charge in [-0.05, 0) is 51.1 Å². The molecule has 0 aromatic rings. The highest BCUT2D eigenvalue weighted by molar-refractivity contribution is 5.82. The number of carbonyl (C=O) groups excluding carboxylic acids is 1. The Balaban J connectivity index is 5.02. The van der Waals surface area contributed by atoms with Crippen LogP contribution in [0.1, 0.15) is 58.8 Å². The predicted octanol–water partition coefficient (Wildman–Crippen LogP) is 2.71. The van der Waals surface area contributed by atoms with E-state index in [1.165, 1.54) is 0 Å². The average molecular weight is 325 g/mol. The largest absolute Gasteiger partial charge is 0.471 e. The minimum absolute atomic E-state index is 0.385. The van der Waals surface area contributed by atoms with Crippen LogP contribution in [-0.2, 0) is 4.79 Å². The molecule has 22 heavy (non-hydrogen) atoms. The number of alkyl halides is 3. The number of nitrogens with one attached hydrogen (secondary N) is 1. The van der Waals surface area contributed by atoms with Crippen molar-refractivity contribution in [2.45, 2.75) is 70.5 Å². The summed E-state index contributed by atoms with van der Waals surface area (Å²) in [6.45, 7) is 4.90. The first-order valence-electron chi connectivity index (χ1n) is 7.96. The van der Waals surface area contributed by atoms with Crippen LogP contribution in [0.2, 0.25) is 0 Å². The Morgan fingerprint density at radius 3 is 1.82 bits per heavy atom. The zero-order chi connectivity index (χ0) is 17.2. The summed E-state index contributed by atoms with van der Waals surface area (Å²) in [6, 6.07) is 0. The number of hydrogen-bond acceptors (Lipinski definition) is 3. The number of carbonyl (C=O) groups is 1. The van der Waals surface area contributed by atoms with Gasteiger partial charge >= 0.3 is 12.1 Å². The Morgan fingerprint density at radius 2 is 1.45 bits per heavy atom. The van der Waals surface area contributed by atoms with Gasteiger partial charge in [0.05, 0.1) is 0 Å². The quantitative estimate of drug-likeness (QED) is 0.546. The van der Waals surface area contributed by atoms with Crippen molar-refractivity contribution in [3.05, 3.63) is 0 Å². The van der Waals surface area contributed by atoms with Gasteiger partial charge in [0, 0.05) is 5.54 Å². The van der Waals surface area contributed by atoms with Crippen LogP contribution in [0.4, 0.5) is 13.2 Å². The van der Waals surface area contributed by atoms with E-state index in [1.807, 2.05) is 0 Å². The van der Waals surface area contributed by atoms with Crippen LogP contribution in [-0.4, -0.2) is 30.7 Å². The fraction of sp³-hybridized carbons (Fsp3) is 0.933. The molecular weight excluding hydrogens is 295 g/mol. The van der Waals surface area contributed by atoms with Gasteiger partial charge in [0.15, 0.2) is 0 Å². The standard InChI is InChI=1S/C15H30F3N3O/c1-12(2)6-3-7-14(8-4-10-19,9-5-11-20)21-13(22)15(16,17)18/h12H,3-11,19-20H2,1-2H3,(H,21,22). The number of hydrogen-bond donors (Lipinski definition) is 3. The predicted molar refractivity (Wildman–Crippen MR) is 82.2 cm³/mol. The number of halogens is 3. The van der Waals surface area contributed by atoms with Gasteiger partial charge in [0.25, 0.3) is 0 Å². The molecule has 1 amide bonds. The van der Waals surface area contributed by atoms with E-state index >= 15 is 0 Å². The molecule has 132 valence electrons. The van der Waals surface area contributed by atoms with Gasteiger partial charge in [-0.25, -0.2) is 0 Å². The lowest BCUT2D eigenvalue weighted by molar-refractivity contribution is -0.176. The molecule has 0 fully saturated rings. The Labute approximate surface area is 131 Å². The fourth-order valence-electron chi connectivity index (χ4n) is 2.60. The second-order valence-electron chi connectivity index (χ2n) is 6.30. The molecule has 0 saturated heterocycles. The van der Waals surface area contributed by atoms with Crippen LogP contribution in [0.15, 0.2) is 0 Å². The first-order chi connectivity index (χ1) is 10.2. The zero-order valence-electron chi connectivity index (χ0n) is 13.6. The molecule has 0 atom stereocenters. The van der Waals surface area contributed by atoms with Gasteiger partial charge in [-0.1, -0.05) is 26.7 Å². The molecule has 0 aromatic heterocycles. The summed E-state index contributed by atoms with van der Waals surface area (Å²) in [7, 11) is 0. The van der Waals surface area contributed by atoms with Gasteiger partial charge in [0.1, 0.15) is 0 Å². The molecule has 0 bridgehead atoms. The molecule has 0 aliphatic heterocycles. The van der Waals surface area contributed by atoms with Crippen LogP contribution in [0.25, 0.3) is 0 Å². The SMILES string of the molecule is CC(C)CCCC(CCCN)(CCCN)NC(=O)C(F)(F)F. The molecule has 5 N–H and O–H groups in total. The van der Waals surface area contributed by atoms with Crippen molar-refractivity contribution in [2.24, 2.45) is 17.4 Å². The maximum Gasteiger partial charge on any atom is 0.471 e. The van der Waals surface area contributed by atoms with Crippen molar-refractivity contribution >= 4 is 5.91 Å². The third-order valence-electron chi connectivity index (χ3n) is 3.79. The van der Waals surface area contributed by atoms with Gasteiger partial charge in [-0.15, -0.1) is 0 Å². The maximum absolute atomic E-state index is 12.6. The highest BCUT2D eigenvalue weighted by atomic mass is 19.4. The lowest BCUT2D eigenvalue weighted by atomic mass is 9.82. The van der Waals surface area contributed by atoms with Crippen LogP contribution < -0.4 is 16.8 Å². The van der Waals surface area contributed by atoms with E-state index in [4.69, 9.17) is 11.5 Å². The smallest absolute Gasteiger partial charge is 0.343 e. The lowest BCUT2D eigenvalue weighted by Crippen LogP contribution is -2.53. The van der Waals surface area contributed by atoms with E-state index in [2.05, 4.69) is 19.2 Å². The van der Waals surface area contributed by atoms with Crippen molar-refractivity contribution in [3.63, 3.8) is 0 Å². The van der Waals surface area contributed by atoms with E-state index in [0.29, 0.717) is 51.1 Å². The van der Waals surface area contributed by atoms with Gasteiger partial charge in [0.2, 0.25) is 0 Å². The highest BCUT2D eigenvalue weighted by Gasteiger charge is 2.43. The third kappa shape index (κ3) is 8.58. The van der Waals surface area contributed by atoms with E-state index < -0.39 is 17.6 Å². The monoisotopic (exact) mass is 325 g/mol. The Hall–Kier alpha value is -0.820. The number of nitrogens with two attached hydrogens (primary N) is 2. The maximum atomic E-state index is 12.6. The molecule has 0 rings (SSSR count). The highest BCUT2D eigenvalue weighted by Crippen LogP contribution is 2.29. The molecule has 0 aliphatic carbocycles. The van der Waals surface area contributed by atoms with Gasteiger partial charge in [-0.2, -0.15) is 13.2 Å². The molecule has 4 nitrogen and oxygen atoms in total. The summed E-state index contributed by atoms with van der Waals surface area (Å²) in [5.74, 6) is -1.40. The van der Waals surface area contributed by atoms with Crippen LogP contribution in [0, 0.1) is 5.92 Å². The average Bonchev–Trinajstić information content (AvgIpc) is 2.41. The van der Waals surface area contributed by atoms with E-state index in [0.717, 1.165) is 12.8 Å². The minimum atomic E-state index is -4.87. The van der Waals surface area contributed by atoms with Crippen LogP contribution >= 0.6 is 0 Å². The van der Waals surface area contributed by atoms with Crippen LogP contribution in [0.3, 0.4) is 0 Å². The van der Waals surface area contributed by atoms with E-state index in [9.17, 15) is 18.0 Å². The van der Waals surface area contributed by atoms with Crippen molar-refractivity contribution in [2.75, 3.05) is 13.1 Å². The molecule has 0 radical (unpaired) electrons. The van der Waals surface area contributed by atoms with Gasteiger partial charge < -0.3 is 16.8 Å². The number of rotatable bonds is 11. The van der Waals surface area contributed by atoms with Crippen molar-refractivity contribution in [1.82, 2.24) is 5.32 Å². The number of amides is 1. The van der Waals surface area contributed by atoms with Crippen LogP contribution in [0.5, 0.6) is 0 Å². The molecule has 0 unspecified atom stereocenters. The molecule has 0 saturated carbocycles. The summed E-state index contributed by atoms with van der Waals surface area (Å²) in [5, 5.41) is 2.24. The Bertz CT molecular complexity index is 312. The summed E-state index contributed by atoms with van der Waals surface area (Å²) in [6.07, 6.45) is -0.622. The Kier molecular flexibility index (Phi) is 9.67. The molecule has 0 aliphatic rings. The van der Waals surface area contributed by atoms with Crippen molar-refractivity contribution < 1.29 is 18.0 Å². The minimum Gasteiger partial charge on any atom is -0.343 e. The van der Waals surface area contributed by atoms with E-state index in [1.54, 1.807) is 0 Å². The second-order valence-corrected chi connectivity index (χ2v) is 6.30.